The van der Waals surface area contributed by atoms with Crippen LogP contribution in [0.25, 0.3) is 22.4 Å². The Kier molecular flexibility index (Phi) is 2.94. The molecule has 0 unspecified atom stereocenters. The molecule has 98 valence electrons. The van der Waals surface area contributed by atoms with Crippen molar-refractivity contribution in [1.82, 2.24) is 20.1 Å². The smallest absolute Gasteiger partial charge is 0.241 e. The Morgan fingerprint density at radius 3 is 2.89 bits per heavy atom. The van der Waals surface area contributed by atoms with Crippen LogP contribution in [0, 0.1) is 5.82 Å². The first-order valence-corrected chi connectivity index (χ1v) is 6.32. The Bertz CT molecular complexity index is 736. The molecule has 1 aromatic carbocycles. The summed E-state index contributed by atoms with van der Waals surface area (Å²) in [7, 11) is 0. The lowest BCUT2D eigenvalue weighted by molar-refractivity contribution is 0.390. The van der Waals surface area contributed by atoms with Crippen LogP contribution in [-0.4, -0.2) is 20.1 Å². The van der Waals surface area contributed by atoms with Gasteiger partial charge in [0.05, 0.1) is 11.1 Å². The second-order valence-electron chi connectivity index (χ2n) is 4.00. The number of H-pyrrole nitrogens is 1. The Labute approximate surface area is 112 Å². The molecule has 0 fully saturated rings. The maximum Gasteiger partial charge on any atom is 0.241 e. The summed E-state index contributed by atoms with van der Waals surface area (Å²) >= 11 is 5.60. The highest BCUT2D eigenvalue weighted by Crippen LogP contribution is 2.28. The molecule has 0 amide bonds. The zero-order chi connectivity index (χ0) is 13.4. The number of nitrogens with zero attached hydrogens (tertiary/aromatic N) is 3. The van der Waals surface area contributed by atoms with Crippen molar-refractivity contribution in [2.75, 3.05) is 0 Å². The first-order chi connectivity index (χ1) is 9.22. The topological polar surface area (TPSA) is 67.6 Å². The number of imidazole rings is 1. The Morgan fingerprint density at radius 2 is 2.21 bits per heavy atom. The zero-order valence-corrected chi connectivity index (χ0v) is 10.8. The van der Waals surface area contributed by atoms with Crippen LogP contribution >= 0.6 is 11.6 Å². The van der Waals surface area contributed by atoms with Crippen molar-refractivity contribution in [3.05, 3.63) is 29.7 Å². The van der Waals surface area contributed by atoms with E-state index in [-0.39, 0.29) is 23.2 Å². The fourth-order valence-electron chi connectivity index (χ4n) is 1.89. The van der Waals surface area contributed by atoms with Gasteiger partial charge in [-0.2, -0.15) is 4.98 Å². The number of aromatic amines is 1. The van der Waals surface area contributed by atoms with Crippen molar-refractivity contribution >= 4 is 22.6 Å². The van der Waals surface area contributed by atoms with Crippen molar-refractivity contribution in [3.63, 3.8) is 0 Å². The van der Waals surface area contributed by atoms with Crippen LogP contribution in [0.4, 0.5) is 4.39 Å². The van der Waals surface area contributed by atoms with Crippen LogP contribution in [-0.2, 0) is 12.3 Å². The van der Waals surface area contributed by atoms with E-state index in [1.165, 1.54) is 6.07 Å². The second kappa shape index (κ2) is 4.62. The van der Waals surface area contributed by atoms with Crippen LogP contribution in [0.3, 0.4) is 0 Å². The van der Waals surface area contributed by atoms with Gasteiger partial charge >= 0.3 is 0 Å². The Balaban J connectivity index is 2.25. The number of aromatic nitrogens is 4. The molecular formula is C12H10ClFN4O. The van der Waals surface area contributed by atoms with E-state index in [9.17, 15) is 4.39 Å². The number of benzene rings is 1. The highest BCUT2D eigenvalue weighted by molar-refractivity contribution is 6.16. The molecule has 0 spiro atoms. The zero-order valence-electron chi connectivity index (χ0n) is 10.1. The molecule has 3 aromatic rings. The molecule has 0 saturated heterocycles. The lowest BCUT2D eigenvalue weighted by Gasteiger charge is -1.98. The van der Waals surface area contributed by atoms with Crippen LogP contribution in [0.1, 0.15) is 18.6 Å². The molecule has 0 aliphatic heterocycles. The Hall–Kier alpha value is -1.95. The summed E-state index contributed by atoms with van der Waals surface area (Å²) < 4.78 is 18.9. The third-order valence-corrected chi connectivity index (χ3v) is 3.02. The van der Waals surface area contributed by atoms with E-state index in [1.54, 1.807) is 6.07 Å². The number of halogens is 2. The van der Waals surface area contributed by atoms with Crippen molar-refractivity contribution in [2.45, 2.75) is 19.2 Å². The van der Waals surface area contributed by atoms with E-state index >= 15 is 0 Å². The Morgan fingerprint density at radius 1 is 1.37 bits per heavy atom. The normalized spacial score (nSPS) is 11.3. The SMILES string of the molecule is CCc1nc2c(-c3noc(CCl)n3)c(F)ccc2[nH]1. The molecule has 0 saturated carbocycles. The fraction of sp³-hybridized carbons (Fsp3) is 0.250. The predicted molar refractivity (Wildman–Crippen MR) is 68.3 cm³/mol. The minimum absolute atomic E-state index is 0.0887. The summed E-state index contributed by atoms with van der Waals surface area (Å²) in [6.45, 7) is 1.97. The van der Waals surface area contributed by atoms with Gasteiger partial charge in [-0.1, -0.05) is 12.1 Å². The summed E-state index contributed by atoms with van der Waals surface area (Å²) in [4.78, 5) is 11.5. The fourth-order valence-corrected chi connectivity index (χ4v) is 2.00. The van der Waals surface area contributed by atoms with Crippen molar-refractivity contribution in [2.24, 2.45) is 0 Å². The molecular weight excluding hydrogens is 271 g/mol. The lowest BCUT2D eigenvalue weighted by atomic mass is 10.1. The van der Waals surface area contributed by atoms with Gasteiger partial charge in [0.25, 0.3) is 0 Å². The van der Waals surface area contributed by atoms with Crippen molar-refractivity contribution in [3.8, 4) is 11.4 Å². The number of nitrogens with one attached hydrogen (secondary N) is 1. The summed E-state index contributed by atoms with van der Waals surface area (Å²) in [5, 5.41) is 3.74. The van der Waals surface area contributed by atoms with E-state index in [0.29, 0.717) is 5.52 Å². The van der Waals surface area contributed by atoms with Crippen molar-refractivity contribution < 1.29 is 8.91 Å². The van der Waals surface area contributed by atoms with Gasteiger partial charge < -0.3 is 9.51 Å². The second-order valence-corrected chi connectivity index (χ2v) is 4.27. The minimum Gasteiger partial charge on any atom is -0.342 e. The number of hydrogen-bond acceptors (Lipinski definition) is 4. The predicted octanol–water partition coefficient (Wildman–Crippen LogP) is 3.05. The lowest BCUT2D eigenvalue weighted by Crippen LogP contribution is -1.89. The molecule has 0 atom stereocenters. The van der Waals surface area contributed by atoms with E-state index in [2.05, 4.69) is 20.1 Å². The molecule has 3 rings (SSSR count). The summed E-state index contributed by atoms with van der Waals surface area (Å²) in [6, 6.07) is 2.99. The average Bonchev–Trinajstić information content (AvgIpc) is 3.04. The third kappa shape index (κ3) is 1.98. The summed E-state index contributed by atoms with van der Waals surface area (Å²) in [6.07, 6.45) is 0.731. The molecule has 0 aliphatic rings. The molecule has 0 bridgehead atoms. The summed E-state index contributed by atoms with van der Waals surface area (Å²) in [5.74, 6) is 0.837. The quantitative estimate of drug-likeness (QED) is 0.749. The van der Waals surface area contributed by atoms with Crippen LogP contribution in [0.15, 0.2) is 16.7 Å². The van der Waals surface area contributed by atoms with Gasteiger partial charge in [-0.05, 0) is 12.1 Å². The van der Waals surface area contributed by atoms with Gasteiger partial charge in [0.1, 0.15) is 23.0 Å². The van der Waals surface area contributed by atoms with Crippen LogP contribution in [0.5, 0.6) is 0 Å². The molecule has 2 heterocycles. The number of rotatable bonds is 3. The van der Waals surface area contributed by atoms with E-state index in [0.717, 1.165) is 17.8 Å². The molecule has 0 radical (unpaired) electrons. The number of alkyl halides is 1. The van der Waals surface area contributed by atoms with E-state index < -0.39 is 5.82 Å². The van der Waals surface area contributed by atoms with Gasteiger partial charge in [-0.15, -0.1) is 11.6 Å². The maximum atomic E-state index is 14.0. The van der Waals surface area contributed by atoms with E-state index in [4.69, 9.17) is 16.1 Å². The molecule has 0 aliphatic carbocycles. The monoisotopic (exact) mass is 280 g/mol. The minimum atomic E-state index is -0.441. The van der Waals surface area contributed by atoms with Crippen molar-refractivity contribution in [1.29, 1.82) is 0 Å². The standard InChI is InChI=1S/C12H10ClFN4O/c1-2-8-15-7-4-3-6(14)10(11(7)16-8)12-17-9(5-13)19-18-12/h3-4H,2,5H2,1H3,(H,15,16). The maximum absolute atomic E-state index is 14.0. The first-order valence-electron chi connectivity index (χ1n) is 5.79. The highest BCUT2D eigenvalue weighted by atomic mass is 35.5. The number of fused-ring (bicyclic) bond motifs is 1. The molecule has 7 heteroatoms. The largest absolute Gasteiger partial charge is 0.342 e. The molecule has 19 heavy (non-hydrogen) atoms. The molecule has 5 nitrogen and oxygen atoms in total. The third-order valence-electron chi connectivity index (χ3n) is 2.79. The number of hydrogen-bond donors (Lipinski definition) is 1. The van der Waals surface area contributed by atoms with E-state index in [1.807, 2.05) is 6.92 Å². The summed E-state index contributed by atoms with van der Waals surface area (Å²) in [5.41, 5.74) is 1.47. The van der Waals surface area contributed by atoms with Gasteiger partial charge in [0.15, 0.2) is 0 Å². The number of aryl methyl sites for hydroxylation is 1. The molecule has 2 aromatic heterocycles. The first kappa shape index (κ1) is 12.1. The van der Waals surface area contributed by atoms with Gasteiger partial charge in [0, 0.05) is 6.42 Å². The van der Waals surface area contributed by atoms with Gasteiger partial charge in [-0.25, -0.2) is 9.37 Å². The van der Waals surface area contributed by atoms with Crippen LogP contribution < -0.4 is 0 Å². The van der Waals surface area contributed by atoms with Gasteiger partial charge in [-0.3, -0.25) is 0 Å². The average molecular weight is 281 g/mol. The molecule has 1 N–H and O–H groups in total. The van der Waals surface area contributed by atoms with Crippen LogP contribution in [0.2, 0.25) is 0 Å². The highest BCUT2D eigenvalue weighted by Gasteiger charge is 2.18. The van der Waals surface area contributed by atoms with Gasteiger partial charge in [0.2, 0.25) is 11.7 Å².